The summed E-state index contributed by atoms with van der Waals surface area (Å²) in [5.41, 5.74) is 2.64. The third-order valence-electron chi connectivity index (χ3n) is 2.76. The zero-order chi connectivity index (χ0) is 13.0. The lowest BCUT2D eigenvalue weighted by Crippen LogP contribution is -2.12. The first kappa shape index (κ1) is 13.2. The molecule has 1 heterocycles. The van der Waals surface area contributed by atoms with Gasteiger partial charge in [0.05, 0.1) is 0 Å². The summed E-state index contributed by atoms with van der Waals surface area (Å²) in [7, 11) is 2.02. The molecule has 96 valence electrons. The van der Waals surface area contributed by atoms with E-state index in [2.05, 4.69) is 42.3 Å². The smallest absolute Gasteiger partial charge is 0.172 e. The lowest BCUT2D eigenvalue weighted by molar-refractivity contribution is 0.716. The van der Waals surface area contributed by atoms with Gasteiger partial charge < -0.3 is 9.88 Å². The van der Waals surface area contributed by atoms with E-state index in [1.54, 1.807) is 11.8 Å². The molecule has 0 amide bonds. The van der Waals surface area contributed by atoms with Crippen LogP contribution in [0.25, 0.3) is 0 Å². The zero-order valence-electron chi connectivity index (χ0n) is 11.1. The Morgan fingerprint density at radius 3 is 2.89 bits per heavy atom. The van der Waals surface area contributed by atoms with Gasteiger partial charge in [0.25, 0.3) is 0 Å². The minimum Gasteiger partial charge on any atom is -0.329 e. The summed E-state index contributed by atoms with van der Waals surface area (Å²) in [6, 6.07) is 6.58. The van der Waals surface area contributed by atoms with Gasteiger partial charge in [-0.3, -0.25) is 0 Å². The van der Waals surface area contributed by atoms with E-state index in [4.69, 9.17) is 0 Å². The van der Waals surface area contributed by atoms with Crippen LogP contribution in [0.1, 0.15) is 18.1 Å². The van der Waals surface area contributed by atoms with Gasteiger partial charge in [0.2, 0.25) is 0 Å². The van der Waals surface area contributed by atoms with Gasteiger partial charge in [-0.25, -0.2) is 4.98 Å². The predicted octanol–water partition coefficient (Wildman–Crippen LogP) is 2.99. The maximum atomic E-state index is 4.36. The minimum atomic E-state index is 0.908. The normalized spacial score (nSPS) is 10.8. The van der Waals surface area contributed by atoms with Crippen LogP contribution >= 0.6 is 11.8 Å². The van der Waals surface area contributed by atoms with Crippen molar-refractivity contribution in [2.24, 2.45) is 7.05 Å². The number of rotatable bonds is 5. The summed E-state index contributed by atoms with van der Waals surface area (Å²) in [6.07, 6.45) is 3.81. The monoisotopic (exact) mass is 261 g/mol. The lowest BCUT2D eigenvalue weighted by atomic mass is 10.1. The van der Waals surface area contributed by atoms with E-state index in [1.807, 2.05) is 24.0 Å². The molecule has 0 saturated heterocycles. The van der Waals surface area contributed by atoms with Crippen molar-refractivity contribution in [3.05, 3.63) is 41.7 Å². The van der Waals surface area contributed by atoms with Crippen molar-refractivity contribution in [2.75, 3.05) is 6.54 Å². The molecule has 1 N–H and O–H groups in total. The summed E-state index contributed by atoms with van der Waals surface area (Å²) < 4.78 is 2.04. The topological polar surface area (TPSA) is 29.9 Å². The van der Waals surface area contributed by atoms with Crippen LogP contribution in [0.2, 0.25) is 0 Å². The summed E-state index contributed by atoms with van der Waals surface area (Å²) >= 11 is 1.72. The molecule has 0 aliphatic carbocycles. The summed E-state index contributed by atoms with van der Waals surface area (Å²) in [5, 5.41) is 4.41. The molecule has 0 aliphatic heterocycles. The molecule has 2 rings (SSSR count). The maximum Gasteiger partial charge on any atom is 0.172 e. The van der Waals surface area contributed by atoms with Crippen LogP contribution in [-0.2, 0) is 13.6 Å². The van der Waals surface area contributed by atoms with E-state index in [1.165, 1.54) is 16.0 Å². The fourth-order valence-electron chi connectivity index (χ4n) is 1.75. The number of aromatic nitrogens is 2. The molecule has 0 fully saturated rings. The summed E-state index contributed by atoms with van der Waals surface area (Å²) in [6.45, 7) is 6.15. The highest BCUT2D eigenvalue weighted by Crippen LogP contribution is 2.29. The molecule has 1 aromatic heterocycles. The van der Waals surface area contributed by atoms with Crippen molar-refractivity contribution in [2.45, 2.75) is 30.4 Å². The molecule has 0 atom stereocenters. The zero-order valence-corrected chi connectivity index (χ0v) is 11.9. The Morgan fingerprint density at radius 2 is 2.22 bits per heavy atom. The predicted molar refractivity (Wildman–Crippen MR) is 75.9 cm³/mol. The molecule has 4 heteroatoms. The maximum absolute atomic E-state index is 4.36. The average molecular weight is 261 g/mol. The molecule has 18 heavy (non-hydrogen) atoms. The lowest BCUT2D eigenvalue weighted by Gasteiger charge is -2.10. The van der Waals surface area contributed by atoms with Crippen LogP contribution in [-0.4, -0.2) is 16.1 Å². The number of hydrogen-bond acceptors (Lipinski definition) is 3. The van der Waals surface area contributed by atoms with E-state index in [-0.39, 0.29) is 0 Å². The average Bonchev–Trinajstić information content (AvgIpc) is 2.75. The number of imidazole rings is 1. The van der Waals surface area contributed by atoms with Crippen molar-refractivity contribution in [3.63, 3.8) is 0 Å². The Morgan fingerprint density at radius 1 is 1.39 bits per heavy atom. The first-order chi connectivity index (χ1) is 8.70. The highest BCUT2D eigenvalue weighted by Gasteiger charge is 2.07. The second kappa shape index (κ2) is 6.07. The first-order valence-corrected chi connectivity index (χ1v) is 6.97. The number of nitrogens with one attached hydrogen (secondary N) is 1. The van der Waals surface area contributed by atoms with Crippen molar-refractivity contribution >= 4 is 11.8 Å². The van der Waals surface area contributed by atoms with Crippen LogP contribution < -0.4 is 5.32 Å². The summed E-state index contributed by atoms with van der Waals surface area (Å²) in [4.78, 5) is 5.63. The molecule has 0 spiro atoms. The van der Waals surface area contributed by atoms with Crippen LogP contribution in [0.3, 0.4) is 0 Å². The van der Waals surface area contributed by atoms with Crippen molar-refractivity contribution < 1.29 is 0 Å². The highest BCUT2D eigenvalue weighted by atomic mass is 32.2. The number of benzene rings is 1. The quantitative estimate of drug-likeness (QED) is 0.897. The van der Waals surface area contributed by atoms with Gasteiger partial charge in [-0.1, -0.05) is 36.4 Å². The molecule has 3 nitrogen and oxygen atoms in total. The minimum absolute atomic E-state index is 0.908. The Balaban J connectivity index is 2.23. The molecule has 0 radical (unpaired) electrons. The van der Waals surface area contributed by atoms with Crippen LogP contribution in [0.4, 0.5) is 0 Å². The van der Waals surface area contributed by atoms with Gasteiger partial charge >= 0.3 is 0 Å². The summed E-state index contributed by atoms with van der Waals surface area (Å²) in [5.74, 6) is 0. The fraction of sp³-hybridized carbons (Fsp3) is 0.357. The largest absolute Gasteiger partial charge is 0.329 e. The molecule has 0 aliphatic rings. The highest BCUT2D eigenvalue weighted by molar-refractivity contribution is 7.99. The van der Waals surface area contributed by atoms with Gasteiger partial charge in [-0.05, 0) is 25.1 Å². The number of nitrogens with zero attached hydrogens (tertiary/aromatic N) is 2. The van der Waals surface area contributed by atoms with Crippen molar-refractivity contribution in [3.8, 4) is 0 Å². The molecule has 1 aromatic carbocycles. The molecule has 0 saturated carbocycles. The SMILES string of the molecule is CCNCc1cc(C)ccc1Sc1nccn1C. The van der Waals surface area contributed by atoms with E-state index in [9.17, 15) is 0 Å². The van der Waals surface area contributed by atoms with E-state index in [0.717, 1.165) is 18.2 Å². The Hall–Kier alpha value is -1.26. The van der Waals surface area contributed by atoms with Gasteiger partial charge in [0.1, 0.15) is 0 Å². The fourth-order valence-corrected chi connectivity index (χ4v) is 2.67. The molecule has 0 bridgehead atoms. The van der Waals surface area contributed by atoms with Crippen LogP contribution in [0.15, 0.2) is 40.6 Å². The first-order valence-electron chi connectivity index (χ1n) is 6.16. The van der Waals surface area contributed by atoms with Crippen LogP contribution in [0.5, 0.6) is 0 Å². The van der Waals surface area contributed by atoms with Crippen LogP contribution in [0, 0.1) is 6.92 Å². The van der Waals surface area contributed by atoms with E-state index >= 15 is 0 Å². The molecular formula is C14H19N3S. The Labute approximate surface area is 113 Å². The standard InChI is InChI=1S/C14H19N3S/c1-4-15-10-12-9-11(2)5-6-13(12)18-14-16-7-8-17(14)3/h5-9,15H,4,10H2,1-3H3. The van der Waals surface area contributed by atoms with E-state index in [0.29, 0.717) is 0 Å². The van der Waals surface area contributed by atoms with E-state index < -0.39 is 0 Å². The molecule has 0 unspecified atom stereocenters. The third-order valence-corrected chi connectivity index (χ3v) is 3.95. The second-order valence-corrected chi connectivity index (χ2v) is 5.32. The van der Waals surface area contributed by atoms with Crippen molar-refractivity contribution in [1.82, 2.24) is 14.9 Å². The number of aryl methyl sites for hydroxylation is 2. The van der Waals surface area contributed by atoms with Crippen molar-refractivity contribution in [1.29, 1.82) is 0 Å². The van der Waals surface area contributed by atoms with Gasteiger partial charge in [-0.2, -0.15) is 0 Å². The Bertz CT molecular complexity index is 520. The Kier molecular flexibility index (Phi) is 4.44. The molecular weight excluding hydrogens is 242 g/mol. The van der Waals surface area contributed by atoms with Gasteiger partial charge in [0.15, 0.2) is 5.16 Å². The van der Waals surface area contributed by atoms with Gasteiger partial charge in [-0.15, -0.1) is 0 Å². The second-order valence-electron chi connectivity index (χ2n) is 4.31. The third kappa shape index (κ3) is 3.15. The molecule has 2 aromatic rings. The van der Waals surface area contributed by atoms with Gasteiger partial charge in [0, 0.05) is 30.9 Å². The number of hydrogen-bond donors (Lipinski definition) is 1.